The minimum atomic E-state index is -0.782. The Balaban J connectivity index is 1.89. The van der Waals surface area contributed by atoms with E-state index in [0.717, 1.165) is 25.9 Å². The molecule has 0 aliphatic carbocycles. The summed E-state index contributed by atoms with van der Waals surface area (Å²) in [5, 5.41) is 8.95. The molecule has 2 aliphatic rings. The zero-order chi connectivity index (χ0) is 13.1. The average Bonchev–Trinajstić information content (AvgIpc) is 2.87. The van der Waals surface area contributed by atoms with E-state index in [1.807, 2.05) is 4.90 Å². The lowest BCUT2D eigenvalue weighted by atomic mass is 9.96. The largest absolute Gasteiger partial charge is 0.481 e. The molecule has 0 aromatic rings. The molecular weight excluding hydrogens is 232 g/mol. The summed E-state index contributed by atoms with van der Waals surface area (Å²) < 4.78 is 0. The Kier molecular flexibility index (Phi) is 4.09. The molecule has 0 spiro atoms. The Labute approximate surface area is 108 Å². The van der Waals surface area contributed by atoms with Crippen LogP contribution >= 0.6 is 0 Å². The second-order valence-electron chi connectivity index (χ2n) is 5.41. The molecule has 1 N–H and O–H groups in total. The lowest BCUT2D eigenvalue weighted by molar-refractivity contribution is -0.141. The summed E-state index contributed by atoms with van der Waals surface area (Å²) in [5.74, 6) is -0.545. The van der Waals surface area contributed by atoms with E-state index in [2.05, 4.69) is 6.92 Å². The van der Waals surface area contributed by atoms with Crippen molar-refractivity contribution in [3.8, 4) is 0 Å². The van der Waals surface area contributed by atoms with E-state index in [0.29, 0.717) is 25.4 Å². The summed E-state index contributed by atoms with van der Waals surface area (Å²) in [6.07, 6.45) is 3.98. The molecule has 5 heteroatoms. The number of hydrogen-bond acceptors (Lipinski definition) is 2. The fraction of sp³-hybridized carbons (Fsp3) is 0.846. The zero-order valence-electron chi connectivity index (χ0n) is 11.0. The van der Waals surface area contributed by atoms with Crippen LogP contribution < -0.4 is 0 Å². The smallest absolute Gasteiger partial charge is 0.320 e. The molecule has 0 aromatic heterocycles. The summed E-state index contributed by atoms with van der Waals surface area (Å²) in [7, 11) is 0. The van der Waals surface area contributed by atoms with Crippen LogP contribution in [0.25, 0.3) is 0 Å². The predicted molar refractivity (Wildman–Crippen MR) is 67.3 cm³/mol. The first-order valence-corrected chi connectivity index (χ1v) is 6.88. The lowest BCUT2D eigenvalue weighted by Gasteiger charge is -2.35. The Morgan fingerprint density at radius 2 is 1.89 bits per heavy atom. The Bertz CT molecular complexity index is 332. The molecule has 0 saturated carbocycles. The molecule has 0 bridgehead atoms. The molecular formula is C13H22N2O3. The number of carbonyl (C=O) groups is 2. The number of likely N-dealkylation sites (tertiary alicyclic amines) is 2. The third-order valence-electron chi connectivity index (χ3n) is 4.17. The van der Waals surface area contributed by atoms with Gasteiger partial charge in [-0.1, -0.05) is 13.3 Å². The maximum atomic E-state index is 12.3. The van der Waals surface area contributed by atoms with E-state index in [1.165, 1.54) is 6.42 Å². The first-order valence-electron chi connectivity index (χ1n) is 6.88. The molecule has 0 radical (unpaired) electrons. The second-order valence-corrected chi connectivity index (χ2v) is 5.41. The van der Waals surface area contributed by atoms with Crippen LogP contribution in [0.15, 0.2) is 0 Å². The second kappa shape index (κ2) is 5.59. The third-order valence-corrected chi connectivity index (χ3v) is 4.17. The van der Waals surface area contributed by atoms with Crippen molar-refractivity contribution in [2.45, 2.75) is 32.6 Å². The molecule has 102 valence electrons. The van der Waals surface area contributed by atoms with Crippen molar-refractivity contribution in [3.05, 3.63) is 0 Å². The number of amides is 2. The highest BCUT2D eigenvalue weighted by Crippen LogP contribution is 2.23. The minimum absolute atomic E-state index is 0.0388. The van der Waals surface area contributed by atoms with Gasteiger partial charge in [0.05, 0.1) is 5.92 Å². The van der Waals surface area contributed by atoms with Gasteiger partial charge < -0.3 is 14.9 Å². The van der Waals surface area contributed by atoms with Crippen molar-refractivity contribution < 1.29 is 14.7 Å². The molecule has 2 amide bonds. The quantitative estimate of drug-likeness (QED) is 0.814. The van der Waals surface area contributed by atoms with Crippen LogP contribution in [0.5, 0.6) is 0 Å². The SMILES string of the molecule is CCC1CCCN(C(=O)N2CCC(C(=O)O)C2)C1. The van der Waals surface area contributed by atoms with Gasteiger partial charge in [0.1, 0.15) is 0 Å². The Morgan fingerprint density at radius 1 is 1.17 bits per heavy atom. The molecule has 2 heterocycles. The van der Waals surface area contributed by atoms with Crippen molar-refractivity contribution in [2.24, 2.45) is 11.8 Å². The molecule has 5 nitrogen and oxygen atoms in total. The van der Waals surface area contributed by atoms with Crippen molar-refractivity contribution in [1.29, 1.82) is 0 Å². The number of carboxylic acid groups (broad SMARTS) is 1. The first-order chi connectivity index (χ1) is 8.61. The molecule has 0 aromatic carbocycles. The summed E-state index contributed by atoms with van der Waals surface area (Å²) in [5.41, 5.74) is 0. The lowest BCUT2D eigenvalue weighted by Crippen LogP contribution is -2.46. The topological polar surface area (TPSA) is 60.9 Å². The number of carboxylic acids is 1. The van der Waals surface area contributed by atoms with Crippen LogP contribution in [0.4, 0.5) is 4.79 Å². The maximum absolute atomic E-state index is 12.3. The van der Waals surface area contributed by atoms with E-state index in [9.17, 15) is 9.59 Å². The number of carbonyl (C=O) groups excluding carboxylic acids is 1. The van der Waals surface area contributed by atoms with E-state index >= 15 is 0 Å². The molecule has 2 atom stereocenters. The summed E-state index contributed by atoms with van der Waals surface area (Å²) >= 11 is 0. The van der Waals surface area contributed by atoms with Crippen LogP contribution in [0.2, 0.25) is 0 Å². The van der Waals surface area contributed by atoms with Gasteiger partial charge in [0, 0.05) is 26.2 Å². The summed E-state index contributed by atoms with van der Waals surface area (Å²) in [4.78, 5) is 26.8. The predicted octanol–water partition coefficient (Wildman–Crippen LogP) is 1.63. The number of nitrogens with zero attached hydrogens (tertiary/aromatic N) is 2. The van der Waals surface area contributed by atoms with Crippen molar-refractivity contribution in [2.75, 3.05) is 26.2 Å². The molecule has 2 unspecified atom stereocenters. The minimum Gasteiger partial charge on any atom is -0.481 e. The van der Waals surface area contributed by atoms with Gasteiger partial charge in [0.25, 0.3) is 0 Å². The van der Waals surface area contributed by atoms with Crippen molar-refractivity contribution in [3.63, 3.8) is 0 Å². The zero-order valence-corrected chi connectivity index (χ0v) is 11.0. The van der Waals surface area contributed by atoms with Gasteiger partial charge in [-0.2, -0.15) is 0 Å². The molecule has 2 aliphatic heterocycles. The molecule has 18 heavy (non-hydrogen) atoms. The van der Waals surface area contributed by atoms with Crippen molar-refractivity contribution >= 4 is 12.0 Å². The first kappa shape index (κ1) is 13.2. The summed E-state index contributed by atoms with van der Waals surface area (Å²) in [6, 6.07) is 0.0388. The number of rotatable bonds is 2. The van der Waals surface area contributed by atoms with Crippen LogP contribution in [-0.4, -0.2) is 53.1 Å². The molecule has 2 fully saturated rings. The number of hydrogen-bond donors (Lipinski definition) is 1. The highest BCUT2D eigenvalue weighted by atomic mass is 16.4. The Hall–Kier alpha value is -1.26. The van der Waals surface area contributed by atoms with E-state index in [1.54, 1.807) is 4.90 Å². The highest BCUT2D eigenvalue weighted by Gasteiger charge is 2.34. The maximum Gasteiger partial charge on any atom is 0.320 e. The van der Waals surface area contributed by atoms with E-state index < -0.39 is 5.97 Å². The monoisotopic (exact) mass is 254 g/mol. The molecule has 2 rings (SSSR count). The van der Waals surface area contributed by atoms with Crippen LogP contribution in [0.3, 0.4) is 0 Å². The van der Waals surface area contributed by atoms with Gasteiger partial charge in [-0.05, 0) is 25.2 Å². The van der Waals surface area contributed by atoms with E-state index in [-0.39, 0.29) is 11.9 Å². The number of aliphatic carboxylic acids is 1. The number of piperidine rings is 1. The highest BCUT2D eigenvalue weighted by molar-refractivity contribution is 5.77. The van der Waals surface area contributed by atoms with Gasteiger partial charge in [-0.25, -0.2) is 4.79 Å². The Morgan fingerprint density at radius 3 is 2.50 bits per heavy atom. The third kappa shape index (κ3) is 2.76. The number of urea groups is 1. The van der Waals surface area contributed by atoms with Gasteiger partial charge in [-0.15, -0.1) is 0 Å². The standard InChI is InChI=1S/C13H22N2O3/c1-2-10-4-3-6-14(8-10)13(18)15-7-5-11(9-15)12(16)17/h10-11H,2-9H2,1H3,(H,16,17). The molecule has 2 saturated heterocycles. The van der Waals surface area contributed by atoms with E-state index in [4.69, 9.17) is 5.11 Å². The average molecular weight is 254 g/mol. The fourth-order valence-electron chi connectivity index (χ4n) is 2.91. The van der Waals surface area contributed by atoms with Gasteiger partial charge in [-0.3, -0.25) is 4.79 Å². The van der Waals surface area contributed by atoms with Crippen LogP contribution in [0, 0.1) is 11.8 Å². The van der Waals surface area contributed by atoms with Crippen LogP contribution in [0.1, 0.15) is 32.6 Å². The van der Waals surface area contributed by atoms with Crippen molar-refractivity contribution in [1.82, 2.24) is 9.80 Å². The summed E-state index contributed by atoms with van der Waals surface area (Å²) in [6.45, 7) is 4.78. The fourth-order valence-corrected chi connectivity index (χ4v) is 2.91. The van der Waals surface area contributed by atoms with Gasteiger partial charge in [0.15, 0.2) is 0 Å². The normalized spacial score (nSPS) is 28.5. The van der Waals surface area contributed by atoms with Gasteiger partial charge in [0.2, 0.25) is 0 Å². The van der Waals surface area contributed by atoms with Gasteiger partial charge >= 0.3 is 12.0 Å². The van der Waals surface area contributed by atoms with Crippen LogP contribution in [-0.2, 0) is 4.79 Å².